The summed E-state index contributed by atoms with van der Waals surface area (Å²) in [5.41, 5.74) is 2.45. The van der Waals surface area contributed by atoms with E-state index in [0.717, 1.165) is 35.4 Å². The molecule has 5 rings (SSSR count). The molecule has 7 atom stereocenters. The molecule has 7 heteroatoms. The van der Waals surface area contributed by atoms with Crippen LogP contribution in [0.2, 0.25) is 0 Å². The summed E-state index contributed by atoms with van der Waals surface area (Å²) in [6.45, 7) is 1.02. The summed E-state index contributed by atoms with van der Waals surface area (Å²) < 4.78 is 13.2. The van der Waals surface area contributed by atoms with E-state index in [1.807, 2.05) is 6.07 Å². The predicted molar refractivity (Wildman–Crippen MR) is 106 cm³/mol. The minimum atomic E-state index is -0.563. The number of aliphatic hydroxyl groups is 1. The second-order valence-corrected chi connectivity index (χ2v) is 10.7. The molecule has 2 heterocycles. The van der Waals surface area contributed by atoms with E-state index < -0.39 is 6.10 Å². The molecule has 0 radical (unpaired) electrons. The molecule has 1 aromatic rings. The van der Waals surface area contributed by atoms with Crippen LogP contribution >= 0.6 is 47.8 Å². The molecule has 136 valence electrons. The van der Waals surface area contributed by atoms with Crippen molar-refractivity contribution in [1.29, 1.82) is 0 Å². The van der Waals surface area contributed by atoms with E-state index in [2.05, 4.69) is 59.7 Å². The van der Waals surface area contributed by atoms with Gasteiger partial charge < -0.3 is 19.5 Å². The summed E-state index contributed by atoms with van der Waals surface area (Å²) in [6.07, 6.45) is 1.19. The molecule has 4 aliphatic rings. The lowest BCUT2D eigenvalue weighted by Gasteiger charge is -2.61. The number of ether oxygens (including phenoxy) is 2. The van der Waals surface area contributed by atoms with Gasteiger partial charge in [0.2, 0.25) is 0 Å². The quantitative estimate of drug-likeness (QED) is 0.559. The van der Waals surface area contributed by atoms with Gasteiger partial charge in [0.25, 0.3) is 0 Å². The lowest BCUT2D eigenvalue weighted by Crippen LogP contribution is -2.71. The lowest BCUT2D eigenvalue weighted by molar-refractivity contribution is -0.0908. The van der Waals surface area contributed by atoms with Gasteiger partial charge in [0, 0.05) is 32.2 Å². The number of nitrogens with zero attached hydrogens (tertiary/aromatic N) is 1. The average Bonchev–Trinajstić information content (AvgIpc) is 2.94. The van der Waals surface area contributed by atoms with Gasteiger partial charge in [0.05, 0.1) is 11.9 Å². The SMILES string of the molecule is COc1cc(Br)c2c3c1O[C@H]1[C@@H](O)[C@H](Br)[C@@H](Br)[C@H]4[C@@H](C2)N(C)CC[C@@]341. The molecule has 1 spiro atoms. The van der Waals surface area contributed by atoms with Crippen molar-refractivity contribution in [2.75, 3.05) is 20.7 Å². The van der Waals surface area contributed by atoms with E-state index in [1.54, 1.807) is 7.11 Å². The summed E-state index contributed by atoms with van der Waals surface area (Å²) in [4.78, 5) is 2.64. The van der Waals surface area contributed by atoms with E-state index in [9.17, 15) is 5.11 Å². The van der Waals surface area contributed by atoms with Crippen LogP contribution < -0.4 is 9.47 Å². The Labute approximate surface area is 172 Å². The molecule has 0 unspecified atom stereocenters. The molecule has 0 aromatic heterocycles. The van der Waals surface area contributed by atoms with Crippen molar-refractivity contribution in [2.45, 2.75) is 46.2 Å². The Morgan fingerprint density at radius 1 is 1.36 bits per heavy atom. The van der Waals surface area contributed by atoms with Crippen molar-refractivity contribution < 1.29 is 14.6 Å². The third-order valence-electron chi connectivity index (χ3n) is 6.89. The Morgan fingerprint density at radius 2 is 2.12 bits per heavy atom. The first kappa shape index (κ1) is 17.3. The zero-order valence-corrected chi connectivity index (χ0v) is 18.8. The maximum Gasteiger partial charge on any atom is 0.166 e. The smallest absolute Gasteiger partial charge is 0.166 e. The van der Waals surface area contributed by atoms with Crippen LogP contribution in [0.3, 0.4) is 0 Å². The summed E-state index contributed by atoms with van der Waals surface area (Å²) in [7, 11) is 3.90. The maximum atomic E-state index is 11.1. The lowest BCUT2D eigenvalue weighted by atomic mass is 9.51. The van der Waals surface area contributed by atoms with Crippen molar-refractivity contribution in [3.05, 3.63) is 21.7 Å². The number of halogens is 3. The second-order valence-electron chi connectivity index (χ2n) is 7.73. The molecule has 2 fully saturated rings. The molecule has 2 bridgehead atoms. The summed E-state index contributed by atoms with van der Waals surface area (Å²) >= 11 is 11.5. The number of aliphatic hydroxyl groups excluding tert-OH is 1. The topological polar surface area (TPSA) is 41.9 Å². The van der Waals surface area contributed by atoms with Crippen molar-refractivity contribution >= 4 is 47.8 Å². The Hall–Kier alpha value is 0.180. The molecule has 25 heavy (non-hydrogen) atoms. The molecule has 2 aliphatic heterocycles. The third-order valence-corrected chi connectivity index (χ3v) is 10.6. The maximum absolute atomic E-state index is 11.1. The van der Waals surface area contributed by atoms with Crippen LogP contribution in [-0.4, -0.2) is 58.6 Å². The van der Waals surface area contributed by atoms with Crippen LogP contribution in [0.15, 0.2) is 10.5 Å². The zero-order valence-electron chi connectivity index (χ0n) is 14.0. The van der Waals surface area contributed by atoms with Crippen molar-refractivity contribution in [3.63, 3.8) is 0 Å². The standard InChI is InChI=1S/C18H20Br3NO3/c1-22-4-3-18-11-7-5-9(22)12(18)13(20)14(21)15(23)17(18)25-16(11)10(24-2)6-8(7)19/h6,9,12-15,17,23H,3-5H2,1-2H3/t9-,12-,13+,14-,15+,17+,18-/m1/s1. The Balaban J connectivity index is 1.84. The van der Waals surface area contributed by atoms with E-state index in [0.29, 0.717) is 12.0 Å². The van der Waals surface area contributed by atoms with E-state index in [4.69, 9.17) is 9.47 Å². The Bertz CT molecular complexity index is 760. The highest BCUT2D eigenvalue weighted by Crippen LogP contribution is 2.66. The fourth-order valence-electron chi connectivity index (χ4n) is 5.83. The monoisotopic (exact) mass is 535 g/mol. The van der Waals surface area contributed by atoms with Crippen LogP contribution in [0.1, 0.15) is 17.5 Å². The minimum Gasteiger partial charge on any atom is -0.493 e. The number of hydrogen-bond donors (Lipinski definition) is 1. The fraction of sp³-hybridized carbons (Fsp3) is 0.667. The van der Waals surface area contributed by atoms with Crippen molar-refractivity contribution in [3.8, 4) is 11.5 Å². The first-order valence-corrected chi connectivity index (χ1v) is 11.3. The number of likely N-dealkylation sites (N-methyl/N-ethyl adjacent to an activating group) is 1. The van der Waals surface area contributed by atoms with Gasteiger partial charge in [-0.15, -0.1) is 0 Å². The van der Waals surface area contributed by atoms with Gasteiger partial charge in [0.1, 0.15) is 12.2 Å². The van der Waals surface area contributed by atoms with Gasteiger partial charge in [-0.2, -0.15) is 0 Å². The molecule has 2 aliphatic carbocycles. The van der Waals surface area contributed by atoms with Gasteiger partial charge in [-0.3, -0.25) is 0 Å². The van der Waals surface area contributed by atoms with Crippen LogP contribution in [0.5, 0.6) is 11.5 Å². The highest BCUT2D eigenvalue weighted by atomic mass is 79.9. The highest BCUT2D eigenvalue weighted by molar-refractivity contribution is 9.12. The van der Waals surface area contributed by atoms with E-state index in [-0.39, 0.29) is 21.2 Å². The van der Waals surface area contributed by atoms with Crippen LogP contribution in [0, 0.1) is 5.92 Å². The van der Waals surface area contributed by atoms with Gasteiger partial charge in [-0.1, -0.05) is 47.8 Å². The summed E-state index contributed by atoms with van der Waals surface area (Å²) in [6, 6.07) is 2.45. The first-order valence-electron chi connectivity index (χ1n) is 8.64. The summed E-state index contributed by atoms with van der Waals surface area (Å²) in [5.74, 6) is 1.99. The number of rotatable bonds is 1. The molecule has 1 saturated carbocycles. The number of alkyl halides is 2. The number of benzene rings is 1. The van der Waals surface area contributed by atoms with E-state index in [1.165, 1.54) is 11.1 Å². The predicted octanol–water partition coefficient (Wildman–Crippen LogP) is 3.23. The van der Waals surface area contributed by atoms with Gasteiger partial charge in [-0.05, 0) is 38.1 Å². The molecular weight excluding hydrogens is 518 g/mol. The highest BCUT2D eigenvalue weighted by Gasteiger charge is 2.69. The minimum absolute atomic E-state index is 0.0325. The molecule has 1 aromatic carbocycles. The largest absolute Gasteiger partial charge is 0.493 e. The number of hydrogen-bond acceptors (Lipinski definition) is 4. The second kappa shape index (κ2) is 5.60. The Kier molecular flexibility index (Phi) is 3.87. The van der Waals surface area contributed by atoms with Gasteiger partial charge in [0.15, 0.2) is 11.5 Å². The zero-order chi connectivity index (χ0) is 17.7. The van der Waals surface area contributed by atoms with Crippen LogP contribution in [-0.2, 0) is 11.8 Å². The molecule has 0 amide bonds. The normalized spacial score (nSPS) is 44.2. The molecule has 1 N–H and O–H groups in total. The number of piperidine rings is 1. The van der Waals surface area contributed by atoms with Crippen molar-refractivity contribution in [2.24, 2.45) is 5.92 Å². The Morgan fingerprint density at radius 3 is 2.84 bits per heavy atom. The van der Waals surface area contributed by atoms with Crippen LogP contribution in [0.25, 0.3) is 0 Å². The molecule has 1 saturated heterocycles. The molecule has 4 nitrogen and oxygen atoms in total. The molecular formula is C18H20Br3NO3. The fourth-order valence-corrected chi connectivity index (χ4v) is 8.14. The number of methoxy groups -OCH3 is 1. The third kappa shape index (κ3) is 1.95. The first-order chi connectivity index (χ1) is 11.9. The van der Waals surface area contributed by atoms with E-state index >= 15 is 0 Å². The number of likely N-dealkylation sites (tertiary alicyclic amines) is 1. The van der Waals surface area contributed by atoms with Gasteiger partial charge in [-0.25, -0.2) is 0 Å². The summed E-state index contributed by atoms with van der Waals surface area (Å²) in [5, 5.41) is 11.1. The average molecular weight is 538 g/mol. The van der Waals surface area contributed by atoms with Crippen molar-refractivity contribution in [1.82, 2.24) is 4.90 Å². The van der Waals surface area contributed by atoms with Gasteiger partial charge >= 0.3 is 0 Å². The van der Waals surface area contributed by atoms with Crippen LogP contribution in [0.4, 0.5) is 0 Å².